The third kappa shape index (κ3) is 4.71. The molecule has 0 radical (unpaired) electrons. The van der Waals surface area contributed by atoms with Crippen LogP contribution in [0.2, 0.25) is 0 Å². The van der Waals surface area contributed by atoms with E-state index in [2.05, 4.69) is 37.9 Å². The monoisotopic (exact) mass is 282 g/mol. The molecule has 2 rings (SSSR count). The van der Waals surface area contributed by atoms with Crippen molar-refractivity contribution in [1.82, 2.24) is 10.2 Å². The molecule has 0 aromatic carbocycles. The number of β-amino-alcohol motifs (C(OH)–C–C–N with tert-alkyl or cyclic N) is 1. The van der Waals surface area contributed by atoms with Crippen LogP contribution in [-0.2, 0) is 0 Å². The van der Waals surface area contributed by atoms with E-state index in [9.17, 15) is 5.11 Å². The summed E-state index contributed by atoms with van der Waals surface area (Å²) in [6, 6.07) is 0. The molecule has 3 heteroatoms. The van der Waals surface area contributed by atoms with E-state index in [4.69, 9.17) is 0 Å². The van der Waals surface area contributed by atoms with Crippen molar-refractivity contribution >= 4 is 0 Å². The van der Waals surface area contributed by atoms with E-state index < -0.39 is 0 Å². The number of aliphatic hydroxyl groups excluding tert-OH is 1. The van der Waals surface area contributed by atoms with Crippen LogP contribution >= 0.6 is 0 Å². The second-order valence-corrected chi connectivity index (χ2v) is 8.46. The zero-order valence-corrected chi connectivity index (χ0v) is 13.9. The van der Waals surface area contributed by atoms with Crippen LogP contribution in [0.5, 0.6) is 0 Å². The summed E-state index contributed by atoms with van der Waals surface area (Å²) in [6.07, 6.45) is 6.27. The van der Waals surface area contributed by atoms with Crippen LogP contribution in [0.1, 0.15) is 59.8 Å². The molecule has 2 fully saturated rings. The Bertz CT molecular complexity index is 303. The summed E-state index contributed by atoms with van der Waals surface area (Å²) in [6.45, 7) is 13.4. The first-order valence-electron chi connectivity index (χ1n) is 8.43. The van der Waals surface area contributed by atoms with Gasteiger partial charge in [-0.05, 0) is 51.4 Å². The summed E-state index contributed by atoms with van der Waals surface area (Å²) in [4.78, 5) is 2.49. The average molecular weight is 282 g/mol. The van der Waals surface area contributed by atoms with Crippen LogP contribution in [0.25, 0.3) is 0 Å². The zero-order valence-electron chi connectivity index (χ0n) is 13.9. The molecule has 3 nitrogen and oxygen atoms in total. The van der Waals surface area contributed by atoms with Crippen LogP contribution in [0, 0.1) is 11.3 Å². The van der Waals surface area contributed by atoms with Crippen LogP contribution in [0.3, 0.4) is 0 Å². The molecule has 1 unspecified atom stereocenters. The van der Waals surface area contributed by atoms with Crippen molar-refractivity contribution in [1.29, 1.82) is 0 Å². The summed E-state index contributed by atoms with van der Waals surface area (Å²) >= 11 is 0. The highest BCUT2D eigenvalue weighted by Gasteiger charge is 2.37. The molecule has 2 N–H and O–H groups in total. The number of nitrogens with one attached hydrogen (secondary N) is 1. The summed E-state index contributed by atoms with van der Waals surface area (Å²) in [5, 5.41) is 13.5. The van der Waals surface area contributed by atoms with Gasteiger partial charge >= 0.3 is 0 Å². The highest BCUT2D eigenvalue weighted by atomic mass is 16.3. The van der Waals surface area contributed by atoms with Crippen molar-refractivity contribution < 1.29 is 5.11 Å². The maximum absolute atomic E-state index is 9.76. The van der Waals surface area contributed by atoms with Gasteiger partial charge in [0.1, 0.15) is 0 Å². The number of nitrogens with zero attached hydrogens (tertiary/aromatic N) is 1. The fourth-order valence-electron chi connectivity index (χ4n) is 3.65. The Balaban J connectivity index is 1.96. The molecule has 0 aromatic rings. The van der Waals surface area contributed by atoms with Crippen molar-refractivity contribution in [2.45, 2.75) is 71.4 Å². The largest absolute Gasteiger partial charge is 0.392 e. The van der Waals surface area contributed by atoms with Crippen LogP contribution in [0.15, 0.2) is 0 Å². The van der Waals surface area contributed by atoms with E-state index in [1.807, 2.05) is 0 Å². The smallest absolute Gasteiger partial charge is 0.0679 e. The lowest BCUT2D eigenvalue weighted by Crippen LogP contribution is -2.50. The van der Waals surface area contributed by atoms with Gasteiger partial charge in [-0.1, -0.05) is 19.8 Å². The Labute approximate surface area is 125 Å². The fourth-order valence-corrected chi connectivity index (χ4v) is 3.65. The molecule has 1 saturated carbocycles. The van der Waals surface area contributed by atoms with Crippen molar-refractivity contribution in [2.24, 2.45) is 11.3 Å². The highest BCUT2D eigenvalue weighted by Crippen LogP contribution is 2.40. The Morgan fingerprint density at radius 2 is 1.85 bits per heavy atom. The molecule has 0 spiro atoms. The Morgan fingerprint density at radius 1 is 1.20 bits per heavy atom. The quantitative estimate of drug-likeness (QED) is 0.832. The van der Waals surface area contributed by atoms with Gasteiger partial charge in [0.05, 0.1) is 6.10 Å². The molecule has 20 heavy (non-hydrogen) atoms. The van der Waals surface area contributed by atoms with E-state index in [1.54, 1.807) is 0 Å². The van der Waals surface area contributed by atoms with Crippen molar-refractivity contribution in [2.75, 3.05) is 26.2 Å². The van der Waals surface area contributed by atoms with Gasteiger partial charge in [0.25, 0.3) is 0 Å². The van der Waals surface area contributed by atoms with Gasteiger partial charge in [0.2, 0.25) is 0 Å². The third-order valence-corrected chi connectivity index (χ3v) is 5.14. The van der Waals surface area contributed by atoms with E-state index in [-0.39, 0.29) is 11.6 Å². The van der Waals surface area contributed by atoms with Gasteiger partial charge in [-0.2, -0.15) is 0 Å². The first-order valence-corrected chi connectivity index (χ1v) is 8.43. The maximum Gasteiger partial charge on any atom is 0.0679 e. The predicted octanol–water partition coefficient (Wildman–Crippen LogP) is 2.64. The Morgan fingerprint density at radius 3 is 2.35 bits per heavy atom. The molecular weight excluding hydrogens is 248 g/mol. The Kier molecular flexibility index (Phi) is 5.14. The van der Waals surface area contributed by atoms with Gasteiger partial charge < -0.3 is 15.3 Å². The van der Waals surface area contributed by atoms with Crippen molar-refractivity contribution in [3.05, 3.63) is 0 Å². The molecule has 118 valence electrons. The van der Waals surface area contributed by atoms with Gasteiger partial charge in [-0.15, -0.1) is 0 Å². The van der Waals surface area contributed by atoms with E-state index in [0.29, 0.717) is 5.41 Å². The average Bonchev–Trinajstić information content (AvgIpc) is 2.75. The number of likely N-dealkylation sites (tertiary alicyclic amines) is 1. The summed E-state index contributed by atoms with van der Waals surface area (Å²) in [5.74, 6) is 0.891. The van der Waals surface area contributed by atoms with E-state index in [0.717, 1.165) is 32.0 Å². The number of hydrogen-bond acceptors (Lipinski definition) is 3. The van der Waals surface area contributed by atoms with Gasteiger partial charge in [-0.3, -0.25) is 0 Å². The lowest BCUT2D eigenvalue weighted by atomic mass is 9.70. The zero-order chi connectivity index (χ0) is 14.8. The molecule has 0 bridgehead atoms. The predicted molar refractivity (Wildman–Crippen MR) is 84.9 cm³/mol. The highest BCUT2D eigenvalue weighted by molar-refractivity contribution is 4.92. The molecular formula is C17H34N2O. The summed E-state index contributed by atoms with van der Waals surface area (Å²) in [7, 11) is 0. The van der Waals surface area contributed by atoms with Crippen LogP contribution in [-0.4, -0.2) is 47.8 Å². The molecule has 1 aliphatic carbocycles. The second-order valence-electron chi connectivity index (χ2n) is 8.46. The van der Waals surface area contributed by atoms with Gasteiger partial charge in [0.15, 0.2) is 0 Å². The molecule has 0 amide bonds. The minimum absolute atomic E-state index is 0.0925. The fraction of sp³-hybridized carbons (Fsp3) is 1.00. The minimum Gasteiger partial charge on any atom is -0.392 e. The van der Waals surface area contributed by atoms with Crippen molar-refractivity contribution in [3.8, 4) is 0 Å². The first kappa shape index (κ1) is 16.3. The maximum atomic E-state index is 9.76. The molecule has 1 atom stereocenters. The van der Waals surface area contributed by atoms with E-state index in [1.165, 1.54) is 32.2 Å². The van der Waals surface area contributed by atoms with Crippen LogP contribution in [0.4, 0.5) is 0 Å². The van der Waals surface area contributed by atoms with E-state index >= 15 is 0 Å². The number of aliphatic hydroxyl groups is 1. The lowest BCUT2D eigenvalue weighted by molar-refractivity contribution is 0.0825. The molecule has 1 aliphatic heterocycles. The number of rotatable bonds is 4. The molecule has 1 saturated heterocycles. The van der Waals surface area contributed by atoms with Gasteiger partial charge in [-0.25, -0.2) is 0 Å². The Hall–Kier alpha value is -0.120. The number of hydrogen-bond donors (Lipinski definition) is 2. The van der Waals surface area contributed by atoms with Crippen LogP contribution < -0.4 is 5.32 Å². The molecule has 1 heterocycles. The first-order chi connectivity index (χ1) is 9.28. The molecule has 2 aliphatic rings. The second kappa shape index (κ2) is 6.33. The van der Waals surface area contributed by atoms with Gasteiger partial charge in [0, 0.05) is 31.7 Å². The SMILES string of the molecule is CC1CCC(CNC(C)(C)C)(CN2CCC(O)C2)CC1. The summed E-state index contributed by atoms with van der Waals surface area (Å²) < 4.78 is 0. The minimum atomic E-state index is -0.0925. The summed E-state index contributed by atoms with van der Waals surface area (Å²) in [5.41, 5.74) is 0.616. The third-order valence-electron chi connectivity index (χ3n) is 5.14. The standard InChI is InChI=1S/C17H34N2O/c1-14-5-8-17(9-6-14,12-18-16(2,3)4)13-19-10-7-15(20)11-19/h14-15,18,20H,5-13H2,1-4H3. The molecule has 0 aromatic heterocycles. The van der Waals surface area contributed by atoms with Crippen molar-refractivity contribution in [3.63, 3.8) is 0 Å². The lowest BCUT2D eigenvalue weighted by Gasteiger charge is -2.43. The topological polar surface area (TPSA) is 35.5 Å². The normalized spacial score (nSPS) is 36.5.